The van der Waals surface area contributed by atoms with Crippen LogP contribution >= 0.6 is 69.1 Å². The van der Waals surface area contributed by atoms with Gasteiger partial charge in [0.2, 0.25) is 0 Å². The Morgan fingerprint density at radius 1 is 0.605 bits per heavy atom. The van der Waals surface area contributed by atoms with Crippen LogP contribution in [-0.2, 0) is 45.2 Å². The molecule has 4 unspecified atom stereocenters. The SMILES string of the molecule is O=Cc1ccc2nc(C3(O)[C@@H]4CC[C@H]3CC(OCc3c(-c5c(Cl)cccc5Cl)noc3C3CC3)C4)sc2c1.OC1(c2nc3ccc(CN4CCOCC4)cc3s2)[C@@H]2CC[C@H]1CC(OCc1c(-c3c(Cl)cccc3Cl)noc1C1CC1)C2. The second kappa shape index (κ2) is 22.3. The fourth-order valence-electron chi connectivity index (χ4n) is 13.9. The van der Waals surface area contributed by atoms with E-state index in [0.717, 1.165) is 169 Å². The number of aldehydes is 1. The molecule has 0 amide bonds. The molecule has 81 heavy (non-hydrogen) atoms. The molecule has 8 aromatic rings. The molecule has 1 aliphatic heterocycles. The number of carbonyl (C=O) groups excluding carboxylic acids is 1. The van der Waals surface area contributed by atoms with Gasteiger partial charge in [-0.15, -0.1) is 22.7 Å². The number of rotatable bonds is 15. The van der Waals surface area contributed by atoms with Crippen molar-refractivity contribution < 1.29 is 38.3 Å². The molecule has 6 aliphatic carbocycles. The molecule has 7 fully saturated rings. The van der Waals surface area contributed by atoms with Gasteiger partial charge in [0.15, 0.2) is 0 Å². The Balaban J connectivity index is 0.000000147. The Labute approximate surface area is 497 Å². The summed E-state index contributed by atoms with van der Waals surface area (Å²) in [7, 11) is 0. The molecule has 6 saturated carbocycles. The maximum atomic E-state index is 12.2. The lowest BCUT2D eigenvalue weighted by Crippen LogP contribution is -2.44. The fraction of sp³-hybridized carbons (Fsp3) is 0.468. The summed E-state index contributed by atoms with van der Waals surface area (Å²) in [5.74, 6) is 2.88. The van der Waals surface area contributed by atoms with Gasteiger partial charge in [0.1, 0.15) is 50.4 Å². The van der Waals surface area contributed by atoms with Crippen LogP contribution in [0.25, 0.3) is 42.9 Å². The standard InChI is InChI=1S/C33H35Cl2N3O4S.C29H26Cl2N2O4S/c34-25-2-1-3-26(35)29(25)30-24(31(42-37-30)20-5-6-20)18-41-23-15-21-7-8-22(16-23)33(21,39)32-36-27-9-4-19(14-28(27)43-32)17-38-10-12-40-13-11-38;30-21-2-1-3-22(31)25(21)26-20(27(37-33-26)16-5-6-16)14-36-19-11-17-7-8-18(12-19)29(17,35)28-32-23-9-4-15(13-34)10-24(23)38-28/h1-4,9,14,20-23,39H,5-8,10-13,15-18H2;1-4,9-10,13,16-19,35H,5-8,11-12,14H2/t21-,22+,23?,33?;17-,18+,19?,29?. The summed E-state index contributed by atoms with van der Waals surface area (Å²) in [4.78, 5) is 23.4. The number of morpholine rings is 1. The molecule has 8 atom stereocenters. The summed E-state index contributed by atoms with van der Waals surface area (Å²) >= 11 is 29.3. The number of benzene rings is 4. The molecule has 13 nitrogen and oxygen atoms in total. The number of halogens is 4. The van der Waals surface area contributed by atoms with Crippen LogP contribution in [-0.4, -0.2) is 80.2 Å². The van der Waals surface area contributed by atoms with Gasteiger partial charge in [-0.05, 0) is 161 Å². The predicted molar refractivity (Wildman–Crippen MR) is 314 cm³/mol. The Bertz CT molecular complexity index is 3590. The van der Waals surface area contributed by atoms with Crippen molar-refractivity contribution in [3.8, 4) is 22.5 Å². The quantitative estimate of drug-likeness (QED) is 0.0932. The first-order valence-corrected chi connectivity index (χ1v) is 31.7. The number of aromatic nitrogens is 4. The number of ether oxygens (including phenoxy) is 3. The third kappa shape index (κ3) is 10.3. The molecule has 2 N–H and O–H groups in total. The van der Waals surface area contributed by atoms with Gasteiger partial charge < -0.3 is 33.5 Å². The molecule has 15 rings (SSSR count). The van der Waals surface area contributed by atoms with Gasteiger partial charge in [-0.25, -0.2) is 9.97 Å². The zero-order valence-corrected chi connectivity index (χ0v) is 49.1. The average Bonchev–Trinajstić information content (AvgIpc) is 4.48. The lowest BCUT2D eigenvalue weighted by Gasteiger charge is -2.41. The fourth-order valence-corrected chi connectivity index (χ4v) is 17.6. The zero-order valence-electron chi connectivity index (χ0n) is 44.5. The van der Waals surface area contributed by atoms with Crippen molar-refractivity contribution in [2.75, 3.05) is 26.3 Å². The number of nitrogens with zero attached hydrogens (tertiary/aromatic N) is 5. The topological polar surface area (TPSA) is 166 Å². The second-order valence-electron chi connectivity index (χ2n) is 23.5. The number of hydrogen-bond acceptors (Lipinski definition) is 15. The van der Waals surface area contributed by atoms with E-state index in [1.54, 1.807) is 29.5 Å². The van der Waals surface area contributed by atoms with Gasteiger partial charge in [0, 0.05) is 59.3 Å². The molecule has 4 aromatic heterocycles. The molecule has 0 spiro atoms. The predicted octanol–water partition coefficient (Wildman–Crippen LogP) is 15.1. The van der Waals surface area contributed by atoms with Gasteiger partial charge in [0.25, 0.3) is 0 Å². The minimum atomic E-state index is -0.961. The Morgan fingerprint density at radius 3 is 1.49 bits per heavy atom. The van der Waals surface area contributed by atoms with E-state index in [0.29, 0.717) is 73.2 Å². The zero-order chi connectivity index (χ0) is 55.1. The normalized spacial score (nSPS) is 27.3. The molecule has 1 saturated heterocycles. The molecule has 4 aromatic carbocycles. The van der Waals surface area contributed by atoms with Crippen molar-refractivity contribution in [1.82, 2.24) is 25.2 Å². The van der Waals surface area contributed by atoms with Crippen LogP contribution in [0.1, 0.15) is 137 Å². The lowest BCUT2D eigenvalue weighted by molar-refractivity contribution is -0.116. The minimum absolute atomic E-state index is 0.0142. The van der Waals surface area contributed by atoms with Crippen LogP contribution in [0.15, 0.2) is 81.8 Å². The molecule has 422 valence electrons. The van der Waals surface area contributed by atoms with Crippen molar-refractivity contribution in [2.45, 2.75) is 132 Å². The largest absolute Gasteiger partial charge is 0.382 e. The van der Waals surface area contributed by atoms with E-state index in [1.807, 2.05) is 36.4 Å². The molecular weight excluding hydrogens is 1150 g/mol. The molecule has 4 bridgehead atoms. The van der Waals surface area contributed by atoms with E-state index in [1.165, 1.54) is 16.9 Å². The molecule has 5 heterocycles. The highest BCUT2D eigenvalue weighted by atomic mass is 35.5. The number of fused-ring (bicyclic) bond motifs is 6. The Hall–Kier alpha value is -4.33. The highest BCUT2D eigenvalue weighted by Gasteiger charge is 2.58. The van der Waals surface area contributed by atoms with E-state index >= 15 is 0 Å². The van der Waals surface area contributed by atoms with E-state index in [2.05, 4.69) is 33.4 Å². The Morgan fingerprint density at radius 2 is 1.05 bits per heavy atom. The van der Waals surface area contributed by atoms with Crippen LogP contribution in [0, 0.1) is 23.7 Å². The van der Waals surface area contributed by atoms with Crippen molar-refractivity contribution in [1.29, 1.82) is 0 Å². The van der Waals surface area contributed by atoms with Crippen LogP contribution < -0.4 is 0 Å². The molecular formula is C62H61Cl4N5O8S2. The summed E-state index contributed by atoms with van der Waals surface area (Å²) in [6.07, 6.45) is 12.2. The van der Waals surface area contributed by atoms with Crippen molar-refractivity contribution in [3.63, 3.8) is 0 Å². The highest BCUT2D eigenvalue weighted by Crippen LogP contribution is 2.59. The van der Waals surface area contributed by atoms with Crippen molar-refractivity contribution in [2.24, 2.45) is 23.7 Å². The third-order valence-electron chi connectivity index (χ3n) is 18.5. The van der Waals surface area contributed by atoms with Crippen molar-refractivity contribution in [3.05, 3.63) is 137 Å². The number of hydrogen-bond donors (Lipinski definition) is 2. The smallest absolute Gasteiger partial charge is 0.150 e. The lowest BCUT2D eigenvalue weighted by atomic mass is 9.73. The summed E-state index contributed by atoms with van der Waals surface area (Å²) < 4.78 is 32.4. The number of aliphatic hydroxyl groups is 2. The van der Waals surface area contributed by atoms with E-state index in [9.17, 15) is 15.0 Å². The first-order chi connectivity index (χ1) is 39.4. The van der Waals surface area contributed by atoms with Gasteiger partial charge in [-0.1, -0.05) is 74.9 Å². The van der Waals surface area contributed by atoms with E-state index < -0.39 is 11.2 Å². The summed E-state index contributed by atoms with van der Waals surface area (Å²) in [5.41, 5.74) is 6.42. The van der Waals surface area contributed by atoms with Crippen LogP contribution in [0.5, 0.6) is 0 Å². The maximum absolute atomic E-state index is 12.2. The highest BCUT2D eigenvalue weighted by molar-refractivity contribution is 7.19. The third-order valence-corrected chi connectivity index (χ3v) is 22.0. The molecule has 7 aliphatic rings. The van der Waals surface area contributed by atoms with Crippen molar-refractivity contribution >= 4 is 95.8 Å². The summed E-state index contributed by atoms with van der Waals surface area (Å²) in [6.45, 7) is 5.20. The van der Waals surface area contributed by atoms with Gasteiger partial charge in [-0.2, -0.15) is 0 Å². The first kappa shape index (κ1) is 54.6. The number of thiazole rings is 2. The van der Waals surface area contributed by atoms with E-state index in [4.69, 9.17) is 79.6 Å². The summed E-state index contributed by atoms with van der Waals surface area (Å²) in [5, 5.41) is 36.8. The molecule has 19 heteroatoms. The second-order valence-corrected chi connectivity index (χ2v) is 27.2. The maximum Gasteiger partial charge on any atom is 0.150 e. The van der Waals surface area contributed by atoms with E-state index in [-0.39, 0.29) is 35.9 Å². The number of carbonyl (C=O) groups is 1. The Kier molecular flexibility index (Phi) is 15.0. The van der Waals surface area contributed by atoms with Crippen LogP contribution in [0.3, 0.4) is 0 Å². The molecule has 0 radical (unpaired) electrons. The van der Waals surface area contributed by atoms with Gasteiger partial charge in [0.05, 0.1) is 79.2 Å². The minimum Gasteiger partial charge on any atom is -0.382 e. The monoisotopic (exact) mass is 1210 g/mol. The van der Waals surface area contributed by atoms with Crippen LogP contribution in [0.4, 0.5) is 0 Å². The van der Waals surface area contributed by atoms with Gasteiger partial charge >= 0.3 is 0 Å². The van der Waals surface area contributed by atoms with Gasteiger partial charge in [-0.3, -0.25) is 9.69 Å². The average molecular weight is 1210 g/mol. The van der Waals surface area contributed by atoms with Crippen LogP contribution in [0.2, 0.25) is 20.1 Å². The first-order valence-electron chi connectivity index (χ1n) is 28.5. The summed E-state index contributed by atoms with van der Waals surface area (Å²) in [6, 6.07) is 22.9.